The molecule has 4 atom stereocenters. The molecule has 0 spiro atoms. The second-order valence-electron chi connectivity index (χ2n) is 5.83. The number of ether oxygens (including phenoxy) is 3. The summed E-state index contributed by atoms with van der Waals surface area (Å²) in [5.74, 6) is -0.872. The lowest BCUT2D eigenvalue weighted by molar-refractivity contribution is -0.176. The number of rotatable bonds is 1. The van der Waals surface area contributed by atoms with Gasteiger partial charge in [0.25, 0.3) is 5.56 Å². The Balaban J connectivity index is 2.01. The Morgan fingerprint density at radius 1 is 1.33 bits per heavy atom. The minimum Gasteiger partial charge on any atom is -0.388 e. The summed E-state index contributed by atoms with van der Waals surface area (Å²) in [7, 11) is 0. The summed E-state index contributed by atoms with van der Waals surface area (Å²) in [6.45, 7) is 5.09. The average Bonchev–Trinajstić information content (AvgIpc) is 2.71. The third-order valence-corrected chi connectivity index (χ3v) is 3.68. The smallest absolute Gasteiger partial charge is 0.330 e. The minimum absolute atomic E-state index is 0.0237. The van der Waals surface area contributed by atoms with E-state index in [0.29, 0.717) is 5.56 Å². The Labute approximate surface area is 120 Å². The van der Waals surface area contributed by atoms with Gasteiger partial charge in [-0.2, -0.15) is 0 Å². The fourth-order valence-electron chi connectivity index (χ4n) is 2.74. The van der Waals surface area contributed by atoms with Crippen molar-refractivity contribution in [3.8, 4) is 0 Å². The molecule has 0 aromatic carbocycles. The minimum atomic E-state index is -0.872. The van der Waals surface area contributed by atoms with Gasteiger partial charge in [0.05, 0.1) is 6.61 Å². The van der Waals surface area contributed by atoms with Crippen LogP contribution >= 0.6 is 0 Å². The summed E-state index contributed by atoms with van der Waals surface area (Å²) in [6.07, 6.45) is -1.38. The first-order chi connectivity index (χ1) is 9.78. The predicted molar refractivity (Wildman–Crippen MR) is 70.9 cm³/mol. The highest BCUT2D eigenvalue weighted by molar-refractivity contribution is 5.03. The molecule has 0 unspecified atom stereocenters. The van der Waals surface area contributed by atoms with E-state index in [1.165, 1.54) is 10.8 Å². The van der Waals surface area contributed by atoms with E-state index in [2.05, 4.69) is 4.98 Å². The highest BCUT2D eigenvalue weighted by atomic mass is 16.8. The number of nitrogens with one attached hydrogen (secondary N) is 1. The molecular formula is C13H18N2O6. The molecule has 0 aliphatic carbocycles. The fraction of sp³-hybridized carbons (Fsp3) is 0.692. The van der Waals surface area contributed by atoms with Gasteiger partial charge >= 0.3 is 5.69 Å². The van der Waals surface area contributed by atoms with E-state index in [4.69, 9.17) is 14.2 Å². The number of nitrogens with zero attached hydrogens (tertiary/aromatic N) is 1. The number of H-pyrrole nitrogens is 1. The van der Waals surface area contributed by atoms with Crippen LogP contribution in [0.25, 0.3) is 0 Å². The molecule has 116 valence electrons. The molecular weight excluding hydrogens is 280 g/mol. The second-order valence-corrected chi connectivity index (χ2v) is 5.83. The quantitative estimate of drug-likeness (QED) is 0.707. The molecule has 0 amide bonds. The van der Waals surface area contributed by atoms with Gasteiger partial charge in [-0.05, 0) is 20.8 Å². The molecule has 2 aliphatic heterocycles. The van der Waals surface area contributed by atoms with Crippen molar-refractivity contribution in [3.05, 3.63) is 32.6 Å². The molecule has 3 rings (SSSR count). The molecule has 2 aliphatic rings. The van der Waals surface area contributed by atoms with Gasteiger partial charge in [0.2, 0.25) is 0 Å². The van der Waals surface area contributed by atoms with Gasteiger partial charge in [0.15, 0.2) is 12.0 Å². The molecule has 1 aromatic rings. The van der Waals surface area contributed by atoms with Gasteiger partial charge in [-0.1, -0.05) is 0 Å². The summed E-state index contributed by atoms with van der Waals surface area (Å²) < 4.78 is 18.2. The van der Waals surface area contributed by atoms with Gasteiger partial charge < -0.3 is 19.3 Å². The zero-order valence-electron chi connectivity index (χ0n) is 12.0. The maximum atomic E-state index is 12.0. The maximum Gasteiger partial charge on any atom is 0.330 e. The van der Waals surface area contributed by atoms with E-state index >= 15 is 0 Å². The van der Waals surface area contributed by atoms with Crippen LogP contribution in [0.1, 0.15) is 25.6 Å². The van der Waals surface area contributed by atoms with Crippen LogP contribution < -0.4 is 11.2 Å². The standard InChI is InChI=1S/C13H18N2O6/c1-6-4-15(12(18)14-10(6)17)11-9-8(7(16)5-19-11)20-13(2,3)21-9/h4,7-9,11,16H,5H2,1-3H3,(H,14,17,18)/t7-,8+,9+,11+/m1/s1. The molecule has 8 nitrogen and oxygen atoms in total. The second kappa shape index (κ2) is 4.77. The van der Waals surface area contributed by atoms with Crippen molar-refractivity contribution >= 4 is 0 Å². The third kappa shape index (κ3) is 2.44. The van der Waals surface area contributed by atoms with Crippen molar-refractivity contribution in [3.63, 3.8) is 0 Å². The van der Waals surface area contributed by atoms with Crippen LogP contribution in [0.15, 0.2) is 15.8 Å². The SMILES string of the molecule is Cc1cn([C@H]2OC[C@@H](O)[C@@H]3OC(C)(C)O[C@@H]32)c(=O)[nH]c1=O. The highest BCUT2D eigenvalue weighted by Gasteiger charge is 2.52. The molecule has 1 aromatic heterocycles. The number of fused-ring (bicyclic) bond motifs is 1. The Morgan fingerprint density at radius 3 is 2.71 bits per heavy atom. The lowest BCUT2D eigenvalue weighted by Gasteiger charge is -2.35. The van der Waals surface area contributed by atoms with Crippen LogP contribution in [0.3, 0.4) is 0 Å². The van der Waals surface area contributed by atoms with Gasteiger partial charge in [-0.15, -0.1) is 0 Å². The van der Waals surface area contributed by atoms with Gasteiger partial charge in [-0.3, -0.25) is 14.3 Å². The van der Waals surface area contributed by atoms with E-state index in [9.17, 15) is 14.7 Å². The Hall–Kier alpha value is -1.48. The topological polar surface area (TPSA) is 103 Å². The lowest BCUT2D eigenvalue weighted by Crippen LogP contribution is -2.51. The Bertz CT molecular complexity index is 663. The van der Waals surface area contributed by atoms with E-state index in [0.717, 1.165) is 0 Å². The van der Waals surface area contributed by atoms with E-state index < -0.39 is 41.6 Å². The lowest BCUT2D eigenvalue weighted by atomic mass is 10.0. The fourth-order valence-corrected chi connectivity index (χ4v) is 2.74. The van der Waals surface area contributed by atoms with Crippen molar-refractivity contribution in [2.75, 3.05) is 6.61 Å². The van der Waals surface area contributed by atoms with Crippen LogP contribution in [-0.2, 0) is 14.2 Å². The van der Waals surface area contributed by atoms with Crippen LogP contribution in [0.2, 0.25) is 0 Å². The van der Waals surface area contributed by atoms with Crippen LogP contribution in [0.5, 0.6) is 0 Å². The highest BCUT2D eigenvalue weighted by Crippen LogP contribution is 2.38. The third-order valence-electron chi connectivity index (χ3n) is 3.68. The number of hydrogen-bond donors (Lipinski definition) is 2. The summed E-state index contributed by atoms with van der Waals surface area (Å²) in [4.78, 5) is 25.7. The number of aryl methyl sites for hydroxylation is 1. The summed E-state index contributed by atoms with van der Waals surface area (Å²) >= 11 is 0. The maximum absolute atomic E-state index is 12.0. The summed E-state index contributed by atoms with van der Waals surface area (Å²) in [5.41, 5.74) is -0.634. The predicted octanol–water partition coefficient (Wildman–Crippen LogP) is -0.745. The van der Waals surface area contributed by atoms with Crippen molar-refractivity contribution in [2.45, 2.75) is 51.1 Å². The largest absolute Gasteiger partial charge is 0.388 e. The van der Waals surface area contributed by atoms with Crippen molar-refractivity contribution in [2.24, 2.45) is 0 Å². The Morgan fingerprint density at radius 2 is 2.00 bits per heavy atom. The monoisotopic (exact) mass is 298 g/mol. The van der Waals surface area contributed by atoms with Crippen molar-refractivity contribution in [1.82, 2.24) is 9.55 Å². The molecule has 0 radical (unpaired) electrons. The van der Waals surface area contributed by atoms with E-state index in [1.807, 2.05) is 0 Å². The first-order valence-electron chi connectivity index (χ1n) is 6.76. The average molecular weight is 298 g/mol. The molecule has 2 N–H and O–H groups in total. The molecule has 2 fully saturated rings. The van der Waals surface area contributed by atoms with E-state index in [-0.39, 0.29) is 6.61 Å². The molecule has 0 saturated carbocycles. The van der Waals surface area contributed by atoms with Crippen molar-refractivity contribution < 1.29 is 19.3 Å². The van der Waals surface area contributed by atoms with Gasteiger partial charge in [0, 0.05) is 11.8 Å². The summed E-state index contributed by atoms with van der Waals surface area (Å²) in [5, 5.41) is 9.97. The zero-order valence-corrected chi connectivity index (χ0v) is 12.0. The number of aliphatic hydroxyl groups is 1. The first-order valence-corrected chi connectivity index (χ1v) is 6.76. The van der Waals surface area contributed by atoms with Crippen LogP contribution in [0.4, 0.5) is 0 Å². The first kappa shape index (κ1) is 14.5. The van der Waals surface area contributed by atoms with Gasteiger partial charge in [0.1, 0.15) is 18.3 Å². The Kier molecular flexibility index (Phi) is 3.28. The number of aromatic amines is 1. The molecule has 2 saturated heterocycles. The molecule has 3 heterocycles. The molecule has 21 heavy (non-hydrogen) atoms. The number of aliphatic hydroxyl groups excluding tert-OH is 1. The van der Waals surface area contributed by atoms with Gasteiger partial charge in [-0.25, -0.2) is 4.79 Å². The van der Waals surface area contributed by atoms with Crippen LogP contribution in [-0.4, -0.2) is 45.4 Å². The summed E-state index contributed by atoms with van der Waals surface area (Å²) in [6, 6.07) is 0. The van der Waals surface area contributed by atoms with E-state index in [1.54, 1.807) is 20.8 Å². The molecule has 0 bridgehead atoms. The molecule has 8 heteroatoms. The zero-order chi connectivity index (χ0) is 15.4. The number of aromatic nitrogens is 2. The number of hydrogen-bond acceptors (Lipinski definition) is 6. The normalized spacial score (nSPS) is 34.7. The van der Waals surface area contributed by atoms with Crippen LogP contribution in [0, 0.1) is 6.92 Å². The van der Waals surface area contributed by atoms with Crippen molar-refractivity contribution in [1.29, 1.82) is 0 Å².